The van der Waals surface area contributed by atoms with Crippen LogP contribution in [0.2, 0.25) is 0 Å². The highest BCUT2D eigenvalue weighted by Gasteiger charge is 2.28. The lowest BCUT2D eigenvalue weighted by molar-refractivity contribution is -0.140. The molecule has 0 aromatic carbocycles. The van der Waals surface area contributed by atoms with Crippen molar-refractivity contribution in [3.05, 3.63) is 0 Å². The van der Waals surface area contributed by atoms with E-state index in [0.29, 0.717) is 19.8 Å². The molecule has 0 saturated heterocycles. The van der Waals surface area contributed by atoms with Crippen LogP contribution in [0.15, 0.2) is 0 Å². The van der Waals surface area contributed by atoms with E-state index in [1.165, 1.54) is 0 Å². The van der Waals surface area contributed by atoms with Crippen molar-refractivity contribution in [2.24, 2.45) is 0 Å². The standard InChI is InChI=1S/C16H32N2O3/c1-7-11-21-12-10-17-14(19)8-9-15(20)18(13(2)3)16(4,5)6/h13H,7-12H2,1-6H3,(H,17,19). The first-order valence-corrected chi connectivity index (χ1v) is 7.86. The molecule has 0 radical (unpaired) electrons. The van der Waals surface area contributed by atoms with Gasteiger partial charge in [0.2, 0.25) is 11.8 Å². The van der Waals surface area contributed by atoms with Crippen molar-refractivity contribution in [2.75, 3.05) is 19.8 Å². The molecule has 0 aromatic heterocycles. The number of carbonyl (C=O) groups excluding carboxylic acids is 2. The van der Waals surface area contributed by atoms with Crippen LogP contribution in [0.25, 0.3) is 0 Å². The van der Waals surface area contributed by atoms with Crippen LogP contribution in [0.5, 0.6) is 0 Å². The molecular weight excluding hydrogens is 268 g/mol. The predicted octanol–water partition coefficient (Wildman–Crippen LogP) is 2.34. The second kappa shape index (κ2) is 9.77. The van der Waals surface area contributed by atoms with E-state index in [1.54, 1.807) is 0 Å². The molecule has 0 aromatic rings. The highest BCUT2D eigenvalue weighted by molar-refractivity contribution is 5.84. The topological polar surface area (TPSA) is 58.6 Å². The Morgan fingerprint density at radius 3 is 2.24 bits per heavy atom. The van der Waals surface area contributed by atoms with Gasteiger partial charge in [-0.2, -0.15) is 0 Å². The van der Waals surface area contributed by atoms with Crippen LogP contribution in [0.1, 0.15) is 60.8 Å². The van der Waals surface area contributed by atoms with Crippen molar-refractivity contribution >= 4 is 11.8 Å². The number of carbonyl (C=O) groups is 2. The zero-order valence-corrected chi connectivity index (χ0v) is 14.5. The van der Waals surface area contributed by atoms with Crippen LogP contribution in [-0.4, -0.2) is 48.1 Å². The Hall–Kier alpha value is -1.10. The zero-order chi connectivity index (χ0) is 16.5. The molecule has 0 spiro atoms. The van der Waals surface area contributed by atoms with Gasteiger partial charge in [0.15, 0.2) is 0 Å². The summed E-state index contributed by atoms with van der Waals surface area (Å²) < 4.78 is 5.28. The van der Waals surface area contributed by atoms with E-state index < -0.39 is 0 Å². The molecule has 21 heavy (non-hydrogen) atoms. The Morgan fingerprint density at radius 2 is 1.76 bits per heavy atom. The lowest BCUT2D eigenvalue weighted by Crippen LogP contribution is -2.49. The average molecular weight is 300 g/mol. The van der Waals surface area contributed by atoms with E-state index >= 15 is 0 Å². The molecular formula is C16H32N2O3. The molecule has 124 valence electrons. The van der Waals surface area contributed by atoms with E-state index in [1.807, 2.05) is 46.4 Å². The second-order valence-electron chi connectivity index (χ2n) is 6.49. The van der Waals surface area contributed by atoms with Gasteiger partial charge in [-0.15, -0.1) is 0 Å². The Kier molecular flexibility index (Phi) is 9.26. The van der Waals surface area contributed by atoms with Crippen molar-refractivity contribution in [1.29, 1.82) is 0 Å². The summed E-state index contributed by atoms with van der Waals surface area (Å²) in [6.45, 7) is 13.8. The number of hydrogen-bond donors (Lipinski definition) is 1. The van der Waals surface area contributed by atoms with E-state index in [2.05, 4.69) is 5.32 Å². The fourth-order valence-electron chi connectivity index (χ4n) is 2.38. The van der Waals surface area contributed by atoms with Crippen LogP contribution in [0, 0.1) is 0 Å². The molecule has 5 heteroatoms. The summed E-state index contributed by atoms with van der Waals surface area (Å²) in [5.74, 6) is -0.0732. The molecule has 1 N–H and O–H groups in total. The van der Waals surface area contributed by atoms with Gasteiger partial charge in [-0.25, -0.2) is 0 Å². The number of amides is 2. The molecule has 0 fully saturated rings. The molecule has 0 heterocycles. The van der Waals surface area contributed by atoms with Gasteiger partial charge >= 0.3 is 0 Å². The third-order valence-electron chi connectivity index (χ3n) is 2.99. The first kappa shape index (κ1) is 19.9. The number of hydrogen-bond acceptors (Lipinski definition) is 3. The highest BCUT2D eigenvalue weighted by Crippen LogP contribution is 2.18. The summed E-state index contributed by atoms with van der Waals surface area (Å²) in [6, 6.07) is 0.128. The fourth-order valence-corrected chi connectivity index (χ4v) is 2.38. The van der Waals surface area contributed by atoms with Crippen LogP contribution >= 0.6 is 0 Å². The maximum atomic E-state index is 12.3. The molecule has 0 atom stereocenters. The number of nitrogens with zero attached hydrogens (tertiary/aromatic N) is 1. The molecule has 0 aliphatic carbocycles. The van der Waals surface area contributed by atoms with E-state index in [9.17, 15) is 9.59 Å². The maximum absolute atomic E-state index is 12.3. The Labute approximate surface area is 129 Å². The molecule has 2 amide bonds. The Morgan fingerprint density at radius 1 is 1.14 bits per heavy atom. The van der Waals surface area contributed by atoms with Gasteiger partial charge in [0.05, 0.1) is 6.61 Å². The summed E-state index contributed by atoms with van der Waals surface area (Å²) >= 11 is 0. The van der Waals surface area contributed by atoms with Gasteiger partial charge in [-0.1, -0.05) is 6.92 Å². The second-order valence-corrected chi connectivity index (χ2v) is 6.49. The van der Waals surface area contributed by atoms with Gasteiger partial charge in [0.1, 0.15) is 0 Å². The molecule has 0 unspecified atom stereocenters. The van der Waals surface area contributed by atoms with E-state index in [-0.39, 0.29) is 36.2 Å². The summed E-state index contributed by atoms with van der Waals surface area (Å²) in [4.78, 5) is 25.8. The molecule has 0 bridgehead atoms. The van der Waals surface area contributed by atoms with Crippen LogP contribution in [0.4, 0.5) is 0 Å². The smallest absolute Gasteiger partial charge is 0.223 e. The minimum absolute atomic E-state index is 0.0230. The van der Waals surface area contributed by atoms with Gasteiger partial charge in [-0.3, -0.25) is 9.59 Å². The molecule has 0 aliphatic heterocycles. The SMILES string of the molecule is CCCOCCNC(=O)CCC(=O)N(C(C)C)C(C)(C)C. The summed E-state index contributed by atoms with van der Waals surface area (Å²) in [5.41, 5.74) is -0.226. The first-order valence-electron chi connectivity index (χ1n) is 7.86. The fraction of sp³-hybridized carbons (Fsp3) is 0.875. The summed E-state index contributed by atoms with van der Waals surface area (Å²) in [6.07, 6.45) is 1.45. The largest absolute Gasteiger partial charge is 0.380 e. The van der Waals surface area contributed by atoms with Crippen LogP contribution < -0.4 is 5.32 Å². The Balaban J connectivity index is 4.08. The first-order chi connectivity index (χ1) is 9.70. The Bertz CT molecular complexity index is 322. The van der Waals surface area contributed by atoms with Gasteiger partial charge in [0, 0.05) is 37.6 Å². The lowest BCUT2D eigenvalue weighted by Gasteiger charge is -2.39. The average Bonchev–Trinajstić information content (AvgIpc) is 2.34. The minimum atomic E-state index is -0.226. The maximum Gasteiger partial charge on any atom is 0.223 e. The molecule has 0 rings (SSSR count). The number of rotatable bonds is 9. The van der Waals surface area contributed by atoms with Crippen molar-refractivity contribution in [3.8, 4) is 0 Å². The van der Waals surface area contributed by atoms with Crippen molar-refractivity contribution in [3.63, 3.8) is 0 Å². The number of nitrogens with one attached hydrogen (secondary N) is 1. The van der Waals surface area contributed by atoms with Crippen molar-refractivity contribution < 1.29 is 14.3 Å². The van der Waals surface area contributed by atoms with Gasteiger partial charge in [0.25, 0.3) is 0 Å². The van der Waals surface area contributed by atoms with Gasteiger partial charge < -0.3 is 15.0 Å². The monoisotopic (exact) mass is 300 g/mol. The molecule has 0 aliphatic rings. The normalized spacial score (nSPS) is 11.6. The lowest BCUT2D eigenvalue weighted by atomic mass is 10.0. The quantitative estimate of drug-likeness (QED) is 0.665. The molecule has 5 nitrogen and oxygen atoms in total. The molecule has 0 saturated carbocycles. The zero-order valence-electron chi connectivity index (χ0n) is 14.5. The van der Waals surface area contributed by atoms with Crippen molar-refractivity contribution in [1.82, 2.24) is 10.2 Å². The van der Waals surface area contributed by atoms with Gasteiger partial charge in [-0.05, 0) is 41.0 Å². The summed E-state index contributed by atoms with van der Waals surface area (Å²) in [7, 11) is 0. The number of ether oxygens (including phenoxy) is 1. The minimum Gasteiger partial charge on any atom is -0.380 e. The van der Waals surface area contributed by atoms with Crippen molar-refractivity contribution in [2.45, 2.75) is 72.4 Å². The highest BCUT2D eigenvalue weighted by atomic mass is 16.5. The van der Waals surface area contributed by atoms with E-state index in [4.69, 9.17) is 4.74 Å². The van der Waals surface area contributed by atoms with E-state index in [0.717, 1.165) is 6.42 Å². The predicted molar refractivity (Wildman–Crippen MR) is 85.1 cm³/mol. The third-order valence-corrected chi connectivity index (χ3v) is 2.99. The van der Waals surface area contributed by atoms with Crippen LogP contribution in [-0.2, 0) is 14.3 Å². The summed E-state index contributed by atoms with van der Waals surface area (Å²) in [5, 5.41) is 2.77. The van der Waals surface area contributed by atoms with Crippen LogP contribution in [0.3, 0.4) is 0 Å². The third kappa shape index (κ3) is 8.71.